The molecule has 2 aliphatic rings. The average molecular weight is 152 g/mol. The molecule has 0 amide bonds. The van der Waals surface area contributed by atoms with Crippen molar-refractivity contribution in [3.8, 4) is 0 Å². The Bertz CT molecular complexity index is 118. The first-order valence-corrected chi connectivity index (χ1v) is 5.38. The summed E-state index contributed by atoms with van der Waals surface area (Å²) in [7, 11) is 0. The lowest BCUT2D eigenvalue weighted by Gasteiger charge is -2.35. The summed E-state index contributed by atoms with van der Waals surface area (Å²) in [5.41, 5.74) is 0. The number of rotatable bonds is 2. The van der Waals surface area contributed by atoms with Crippen molar-refractivity contribution in [2.45, 2.75) is 51.9 Å². The van der Waals surface area contributed by atoms with Crippen molar-refractivity contribution in [3.63, 3.8) is 0 Å². The Morgan fingerprint density at radius 3 is 1.64 bits per heavy atom. The maximum atomic E-state index is 2.50. The van der Waals surface area contributed by atoms with Gasteiger partial charge < -0.3 is 0 Å². The summed E-state index contributed by atoms with van der Waals surface area (Å²) in [5.74, 6) is 3.30. The highest BCUT2D eigenvalue weighted by molar-refractivity contribution is 4.82. The van der Waals surface area contributed by atoms with Gasteiger partial charge in [-0.25, -0.2) is 0 Å². The van der Waals surface area contributed by atoms with Crippen LogP contribution in [0.15, 0.2) is 0 Å². The quantitative estimate of drug-likeness (QED) is 0.567. The predicted molar refractivity (Wildman–Crippen MR) is 48.5 cm³/mol. The topological polar surface area (TPSA) is 0 Å². The lowest BCUT2D eigenvalue weighted by molar-refractivity contribution is 0.161. The zero-order valence-electron chi connectivity index (χ0n) is 7.68. The van der Waals surface area contributed by atoms with E-state index in [9.17, 15) is 0 Å². The first-order chi connectivity index (χ1) is 5.38. The molecule has 2 fully saturated rings. The minimum Gasteiger partial charge on any atom is -0.0620 e. The monoisotopic (exact) mass is 152 g/mol. The fourth-order valence-electron chi connectivity index (χ4n) is 2.83. The molecule has 0 heteroatoms. The van der Waals surface area contributed by atoms with Gasteiger partial charge in [-0.2, -0.15) is 0 Å². The zero-order valence-corrected chi connectivity index (χ0v) is 7.68. The molecule has 2 aliphatic carbocycles. The van der Waals surface area contributed by atoms with Gasteiger partial charge in [-0.05, 0) is 17.8 Å². The molecule has 64 valence electrons. The van der Waals surface area contributed by atoms with E-state index >= 15 is 0 Å². The molecule has 1 unspecified atom stereocenters. The Balaban J connectivity index is 1.82. The van der Waals surface area contributed by atoms with Crippen LogP contribution in [0.4, 0.5) is 0 Å². The Hall–Kier alpha value is 0. The molecule has 2 rings (SSSR count). The molecule has 2 saturated carbocycles. The largest absolute Gasteiger partial charge is 0.0620 e. The second-order valence-corrected chi connectivity index (χ2v) is 4.59. The predicted octanol–water partition coefficient (Wildman–Crippen LogP) is 3.61. The lowest BCUT2D eigenvalue weighted by atomic mass is 9.71. The number of hydrogen-bond donors (Lipinski definition) is 0. The van der Waals surface area contributed by atoms with Gasteiger partial charge in [-0.3, -0.25) is 0 Å². The third-order valence-corrected chi connectivity index (χ3v) is 4.04. The minimum atomic E-state index is 1.06. The van der Waals surface area contributed by atoms with E-state index in [-0.39, 0.29) is 0 Å². The van der Waals surface area contributed by atoms with Gasteiger partial charge in [0, 0.05) is 0 Å². The standard InChI is InChI=1S/C11H20/c1-9(11-7-4-8-11)10-5-2-3-6-10/h9-11H,2-8H2,1H3. The van der Waals surface area contributed by atoms with Gasteiger partial charge in [0.2, 0.25) is 0 Å². The van der Waals surface area contributed by atoms with E-state index in [1.54, 1.807) is 0 Å². The highest BCUT2D eigenvalue weighted by Gasteiger charge is 2.30. The summed E-state index contributed by atoms with van der Waals surface area (Å²) >= 11 is 0. The molecule has 0 N–H and O–H groups in total. The maximum Gasteiger partial charge on any atom is -0.0386 e. The fourth-order valence-corrected chi connectivity index (χ4v) is 2.83. The van der Waals surface area contributed by atoms with Crippen molar-refractivity contribution in [1.82, 2.24) is 0 Å². The van der Waals surface area contributed by atoms with Crippen LogP contribution in [0.1, 0.15) is 51.9 Å². The van der Waals surface area contributed by atoms with E-state index in [2.05, 4.69) is 6.92 Å². The fraction of sp³-hybridized carbons (Fsp3) is 1.00. The van der Waals surface area contributed by atoms with E-state index in [1.165, 1.54) is 44.9 Å². The summed E-state index contributed by atoms with van der Waals surface area (Å²) in [4.78, 5) is 0. The van der Waals surface area contributed by atoms with Crippen molar-refractivity contribution in [2.24, 2.45) is 17.8 Å². The van der Waals surface area contributed by atoms with Crippen molar-refractivity contribution in [2.75, 3.05) is 0 Å². The molecule has 0 saturated heterocycles. The minimum absolute atomic E-state index is 1.06. The van der Waals surface area contributed by atoms with E-state index in [0.717, 1.165) is 17.8 Å². The molecular formula is C11H20. The van der Waals surface area contributed by atoms with Gasteiger partial charge in [0.25, 0.3) is 0 Å². The van der Waals surface area contributed by atoms with Gasteiger partial charge >= 0.3 is 0 Å². The molecule has 0 spiro atoms. The molecule has 0 aromatic rings. The van der Waals surface area contributed by atoms with E-state index in [4.69, 9.17) is 0 Å². The molecule has 0 heterocycles. The normalized spacial score (nSPS) is 30.3. The first-order valence-electron chi connectivity index (χ1n) is 5.38. The summed E-state index contributed by atoms with van der Waals surface area (Å²) in [6.07, 6.45) is 10.7. The van der Waals surface area contributed by atoms with Crippen LogP contribution in [0.25, 0.3) is 0 Å². The first kappa shape index (κ1) is 7.64. The summed E-state index contributed by atoms with van der Waals surface area (Å²) in [6.45, 7) is 2.50. The van der Waals surface area contributed by atoms with Crippen LogP contribution in [0.5, 0.6) is 0 Å². The molecular weight excluding hydrogens is 132 g/mol. The van der Waals surface area contributed by atoms with E-state index in [1.807, 2.05) is 0 Å². The van der Waals surface area contributed by atoms with E-state index < -0.39 is 0 Å². The summed E-state index contributed by atoms with van der Waals surface area (Å²) in [6, 6.07) is 0. The highest BCUT2D eigenvalue weighted by atomic mass is 14.4. The smallest absolute Gasteiger partial charge is 0.0386 e. The summed E-state index contributed by atoms with van der Waals surface area (Å²) in [5, 5.41) is 0. The van der Waals surface area contributed by atoms with Crippen LogP contribution in [0.3, 0.4) is 0 Å². The zero-order chi connectivity index (χ0) is 7.68. The third kappa shape index (κ3) is 1.45. The molecule has 0 nitrogen and oxygen atoms in total. The molecule has 0 aromatic carbocycles. The van der Waals surface area contributed by atoms with Gasteiger partial charge in [-0.15, -0.1) is 0 Å². The van der Waals surface area contributed by atoms with Crippen molar-refractivity contribution >= 4 is 0 Å². The van der Waals surface area contributed by atoms with Crippen LogP contribution in [0.2, 0.25) is 0 Å². The Morgan fingerprint density at radius 1 is 0.818 bits per heavy atom. The Kier molecular flexibility index (Phi) is 2.20. The third-order valence-electron chi connectivity index (χ3n) is 4.04. The van der Waals surface area contributed by atoms with Crippen molar-refractivity contribution < 1.29 is 0 Å². The van der Waals surface area contributed by atoms with Gasteiger partial charge in [0.05, 0.1) is 0 Å². The molecule has 0 radical (unpaired) electrons. The molecule has 0 aromatic heterocycles. The SMILES string of the molecule is CC(C1CCCC1)C1CCC1. The van der Waals surface area contributed by atoms with Crippen LogP contribution in [-0.4, -0.2) is 0 Å². The van der Waals surface area contributed by atoms with Crippen LogP contribution < -0.4 is 0 Å². The molecule has 0 aliphatic heterocycles. The second kappa shape index (κ2) is 3.16. The highest BCUT2D eigenvalue weighted by Crippen LogP contribution is 2.42. The number of hydrogen-bond acceptors (Lipinski definition) is 0. The lowest BCUT2D eigenvalue weighted by Crippen LogP contribution is -2.24. The Morgan fingerprint density at radius 2 is 1.27 bits per heavy atom. The molecule has 0 bridgehead atoms. The van der Waals surface area contributed by atoms with Crippen LogP contribution >= 0.6 is 0 Å². The van der Waals surface area contributed by atoms with Crippen molar-refractivity contribution in [1.29, 1.82) is 0 Å². The molecule has 1 atom stereocenters. The van der Waals surface area contributed by atoms with Crippen molar-refractivity contribution in [3.05, 3.63) is 0 Å². The average Bonchev–Trinajstić information content (AvgIpc) is 2.32. The molecule has 11 heavy (non-hydrogen) atoms. The Labute approximate surface area is 70.4 Å². The van der Waals surface area contributed by atoms with E-state index in [0.29, 0.717) is 0 Å². The summed E-state index contributed by atoms with van der Waals surface area (Å²) < 4.78 is 0. The van der Waals surface area contributed by atoms with Gasteiger partial charge in [0.1, 0.15) is 0 Å². The van der Waals surface area contributed by atoms with Crippen LogP contribution in [-0.2, 0) is 0 Å². The maximum absolute atomic E-state index is 2.50. The van der Waals surface area contributed by atoms with Crippen LogP contribution in [0, 0.1) is 17.8 Å². The van der Waals surface area contributed by atoms with Gasteiger partial charge in [0.15, 0.2) is 0 Å². The second-order valence-electron chi connectivity index (χ2n) is 4.59. The van der Waals surface area contributed by atoms with Gasteiger partial charge in [-0.1, -0.05) is 51.9 Å².